The van der Waals surface area contributed by atoms with Gasteiger partial charge in [-0.05, 0) is 30.5 Å². The summed E-state index contributed by atoms with van der Waals surface area (Å²) >= 11 is 0. The van der Waals surface area contributed by atoms with Crippen molar-refractivity contribution in [3.63, 3.8) is 0 Å². The van der Waals surface area contributed by atoms with Crippen molar-refractivity contribution in [2.75, 3.05) is 6.54 Å². The Hall–Kier alpha value is -4.93. The second kappa shape index (κ2) is 16.1. The highest BCUT2D eigenvalue weighted by Crippen LogP contribution is 2.12. The van der Waals surface area contributed by atoms with Crippen molar-refractivity contribution in [2.45, 2.75) is 56.3 Å². The van der Waals surface area contributed by atoms with Gasteiger partial charge < -0.3 is 54.2 Å². The molecule has 0 aliphatic carbocycles. The van der Waals surface area contributed by atoms with Crippen LogP contribution in [0.3, 0.4) is 0 Å². The van der Waals surface area contributed by atoms with Crippen molar-refractivity contribution in [3.8, 4) is 5.75 Å². The van der Waals surface area contributed by atoms with Gasteiger partial charge >= 0.3 is 11.9 Å². The Kier molecular flexibility index (Phi) is 13.3. The molecule has 0 saturated carbocycles. The van der Waals surface area contributed by atoms with E-state index in [2.05, 4.69) is 20.9 Å². The average molecular weight is 567 g/mol. The first-order valence-corrected chi connectivity index (χ1v) is 11.9. The molecule has 40 heavy (non-hydrogen) atoms. The molecule has 0 spiro atoms. The summed E-state index contributed by atoms with van der Waals surface area (Å²) < 4.78 is 0. The van der Waals surface area contributed by atoms with Crippen LogP contribution >= 0.6 is 0 Å². The lowest BCUT2D eigenvalue weighted by Crippen LogP contribution is -2.57. The summed E-state index contributed by atoms with van der Waals surface area (Å²) in [6, 6.07) is -0.376. The highest BCUT2D eigenvalue weighted by Gasteiger charge is 2.31. The van der Waals surface area contributed by atoms with E-state index in [1.54, 1.807) is 0 Å². The monoisotopic (exact) mass is 566 g/mol. The third-order valence-corrected chi connectivity index (χ3v) is 5.34. The Balaban J connectivity index is 3.10. The first-order chi connectivity index (χ1) is 18.7. The minimum absolute atomic E-state index is 0.0400. The van der Waals surface area contributed by atoms with E-state index in [0.29, 0.717) is 5.56 Å². The summed E-state index contributed by atoms with van der Waals surface area (Å²) in [4.78, 5) is 76.2. The van der Waals surface area contributed by atoms with Gasteiger partial charge in [0.1, 0.15) is 23.9 Å². The van der Waals surface area contributed by atoms with Crippen LogP contribution in [0.2, 0.25) is 0 Å². The van der Waals surface area contributed by atoms with E-state index in [1.807, 2.05) is 0 Å². The van der Waals surface area contributed by atoms with Gasteiger partial charge in [0.15, 0.2) is 5.96 Å². The third-order valence-electron chi connectivity index (χ3n) is 5.34. The van der Waals surface area contributed by atoms with Crippen LogP contribution < -0.4 is 38.9 Å². The van der Waals surface area contributed by atoms with E-state index in [9.17, 15) is 44.1 Å². The smallest absolute Gasteiger partial charge is 0.326 e. The zero-order valence-electron chi connectivity index (χ0n) is 21.4. The number of nitrogens with one attached hydrogen (secondary N) is 3. The molecule has 0 bridgehead atoms. The number of carboxylic acid groups (broad SMARTS) is 2. The number of phenols is 1. The van der Waals surface area contributed by atoms with Crippen LogP contribution in [0.5, 0.6) is 5.75 Å². The predicted octanol–water partition coefficient (Wildman–Crippen LogP) is -3.80. The van der Waals surface area contributed by atoms with Gasteiger partial charge in [-0.25, -0.2) is 4.79 Å². The van der Waals surface area contributed by atoms with Gasteiger partial charge in [0, 0.05) is 13.0 Å². The number of hydrogen-bond acceptors (Lipinski definition) is 9. The van der Waals surface area contributed by atoms with Crippen LogP contribution in [0, 0.1) is 0 Å². The number of carboxylic acids is 2. The molecule has 1 aromatic rings. The molecule has 0 aromatic heterocycles. The summed E-state index contributed by atoms with van der Waals surface area (Å²) in [5.41, 5.74) is 21.6. The lowest BCUT2D eigenvalue weighted by Gasteiger charge is -2.24. The number of aromatic hydroxyl groups is 1. The van der Waals surface area contributed by atoms with E-state index < -0.39 is 72.6 Å². The van der Waals surface area contributed by atoms with Crippen LogP contribution in [0.25, 0.3) is 0 Å². The van der Waals surface area contributed by atoms with Crippen molar-refractivity contribution in [3.05, 3.63) is 29.8 Å². The Labute approximate surface area is 228 Å². The fraction of sp³-hybridized carbons (Fsp3) is 0.435. The summed E-state index contributed by atoms with van der Waals surface area (Å²) in [6.45, 7) is 0.0507. The zero-order chi connectivity index (χ0) is 30.4. The lowest BCUT2D eigenvalue weighted by molar-refractivity contribution is -0.143. The summed E-state index contributed by atoms with van der Waals surface area (Å²) in [7, 11) is 0. The Morgan fingerprint density at radius 3 is 1.88 bits per heavy atom. The van der Waals surface area contributed by atoms with Gasteiger partial charge in [0.05, 0.1) is 18.9 Å². The number of carbonyl (C=O) groups is 6. The second-order valence-electron chi connectivity index (χ2n) is 8.72. The topological polar surface area (TPSA) is 316 Å². The number of rotatable bonds is 17. The fourth-order valence-electron chi connectivity index (χ4n) is 3.36. The number of primary amides is 1. The number of amides is 4. The largest absolute Gasteiger partial charge is 0.508 e. The molecule has 0 heterocycles. The summed E-state index contributed by atoms with van der Waals surface area (Å²) in [6.07, 6.45) is -1.59. The molecule has 4 unspecified atom stereocenters. The van der Waals surface area contributed by atoms with Gasteiger partial charge in [-0.3, -0.25) is 29.0 Å². The minimum Gasteiger partial charge on any atom is -0.508 e. The maximum Gasteiger partial charge on any atom is 0.326 e. The summed E-state index contributed by atoms with van der Waals surface area (Å²) in [5, 5.41) is 35.0. The highest BCUT2D eigenvalue weighted by atomic mass is 16.4. The SMILES string of the molecule is NC(=O)CC(N)C(=O)NC(CC(=O)O)C(=O)NC(CCCN=C(N)N)C(=O)NC(Cc1ccc(O)cc1)C(=O)O. The van der Waals surface area contributed by atoms with Crippen LogP contribution in [-0.2, 0) is 35.2 Å². The van der Waals surface area contributed by atoms with Gasteiger partial charge in [0.25, 0.3) is 0 Å². The molecule has 0 radical (unpaired) electrons. The number of hydrogen-bond donors (Lipinski definition) is 10. The number of aliphatic carboxylic acids is 2. The molecule has 220 valence electrons. The molecule has 1 aromatic carbocycles. The average Bonchev–Trinajstić information content (AvgIpc) is 2.85. The van der Waals surface area contributed by atoms with E-state index >= 15 is 0 Å². The first kappa shape index (κ1) is 33.1. The lowest BCUT2D eigenvalue weighted by atomic mass is 10.0. The minimum atomic E-state index is -1.70. The van der Waals surface area contributed by atoms with Gasteiger partial charge in [-0.15, -0.1) is 0 Å². The van der Waals surface area contributed by atoms with Crippen molar-refractivity contribution in [1.29, 1.82) is 0 Å². The maximum absolute atomic E-state index is 13.1. The summed E-state index contributed by atoms with van der Waals surface area (Å²) in [5.74, 6) is -7.06. The van der Waals surface area contributed by atoms with Gasteiger partial charge in [-0.2, -0.15) is 0 Å². The number of nitrogens with zero attached hydrogens (tertiary/aromatic N) is 1. The van der Waals surface area contributed by atoms with Gasteiger partial charge in [-0.1, -0.05) is 12.1 Å². The molecule has 0 aliphatic rings. The van der Waals surface area contributed by atoms with Crippen molar-refractivity contribution in [1.82, 2.24) is 16.0 Å². The maximum atomic E-state index is 13.1. The molecule has 4 atom stereocenters. The van der Waals surface area contributed by atoms with Crippen molar-refractivity contribution in [2.24, 2.45) is 27.9 Å². The van der Waals surface area contributed by atoms with Crippen molar-refractivity contribution < 1.29 is 44.1 Å². The van der Waals surface area contributed by atoms with Crippen molar-refractivity contribution >= 4 is 41.5 Å². The standard InChI is InChI=1S/C23H34N8O9/c24-13(9-17(25)33)19(36)30-15(10-18(34)35)21(38)29-14(2-1-7-28-23(26)27)20(37)31-16(22(39)40)8-11-3-5-12(32)6-4-11/h3-6,13-16,32H,1-2,7-10,24H2,(H2,25,33)(H,29,38)(H,30,36)(H,31,37)(H,34,35)(H,39,40)(H4,26,27,28). The number of nitrogens with two attached hydrogens (primary N) is 4. The molecule has 14 N–H and O–H groups in total. The van der Waals surface area contributed by atoms with Crippen LogP contribution in [-0.4, -0.2) is 87.6 Å². The quantitative estimate of drug-likeness (QED) is 0.0493. The van der Waals surface area contributed by atoms with E-state index in [-0.39, 0.29) is 37.5 Å². The Morgan fingerprint density at radius 2 is 1.35 bits per heavy atom. The van der Waals surface area contributed by atoms with Crippen LogP contribution in [0.1, 0.15) is 31.2 Å². The van der Waals surface area contributed by atoms with E-state index in [4.69, 9.17) is 22.9 Å². The normalized spacial score (nSPS) is 13.5. The number of phenolic OH excluding ortho intramolecular Hbond substituents is 1. The van der Waals surface area contributed by atoms with Crippen LogP contribution in [0.4, 0.5) is 0 Å². The molecule has 0 saturated heterocycles. The number of benzene rings is 1. The first-order valence-electron chi connectivity index (χ1n) is 11.9. The zero-order valence-corrected chi connectivity index (χ0v) is 21.4. The van der Waals surface area contributed by atoms with Crippen LogP contribution in [0.15, 0.2) is 29.3 Å². The van der Waals surface area contributed by atoms with E-state index in [0.717, 1.165) is 0 Å². The Morgan fingerprint density at radius 1 is 0.800 bits per heavy atom. The second-order valence-corrected chi connectivity index (χ2v) is 8.72. The molecule has 0 aliphatic heterocycles. The number of guanidine groups is 1. The molecule has 1 rings (SSSR count). The molecule has 4 amide bonds. The van der Waals surface area contributed by atoms with E-state index in [1.165, 1.54) is 24.3 Å². The molecular formula is C23H34N8O9. The Bertz CT molecular complexity index is 1110. The molecule has 0 fully saturated rings. The predicted molar refractivity (Wildman–Crippen MR) is 139 cm³/mol. The molecular weight excluding hydrogens is 532 g/mol. The number of aliphatic imine (C=N–C) groups is 1. The third kappa shape index (κ3) is 12.5. The van der Waals surface area contributed by atoms with Gasteiger partial charge in [0.2, 0.25) is 23.6 Å². The molecule has 17 heteroatoms. The number of carbonyl (C=O) groups excluding carboxylic acids is 4. The molecule has 17 nitrogen and oxygen atoms in total. The fourth-order valence-corrected chi connectivity index (χ4v) is 3.36. The highest BCUT2D eigenvalue weighted by molar-refractivity contribution is 5.96.